The third-order valence-electron chi connectivity index (χ3n) is 2.89. The molecule has 0 aliphatic heterocycles. The predicted octanol–water partition coefficient (Wildman–Crippen LogP) is 3.24. The van der Waals surface area contributed by atoms with Gasteiger partial charge in [0.05, 0.1) is 16.8 Å². The van der Waals surface area contributed by atoms with Gasteiger partial charge in [-0.05, 0) is 17.7 Å². The molecule has 108 valence electrons. The highest BCUT2D eigenvalue weighted by Crippen LogP contribution is 2.25. The van der Waals surface area contributed by atoms with Crippen LogP contribution < -0.4 is 0 Å². The van der Waals surface area contributed by atoms with Gasteiger partial charge in [0, 0.05) is 0 Å². The lowest BCUT2D eigenvalue weighted by atomic mass is 10.2. The summed E-state index contributed by atoms with van der Waals surface area (Å²) < 4.78 is 30.7. The molecule has 0 spiro atoms. The number of hydrogen-bond acceptors (Lipinski definition) is 5. The van der Waals surface area contributed by atoms with Crippen molar-refractivity contribution in [1.29, 1.82) is 0 Å². The molecule has 0 aliphatic rings. The maximum atomic E-state index is 12.2. The number of hydrogen-bond donors (Lipinski definition) is 0. The second-order valence-corrected chi connectivity index (χ2v) is 7.66. The Kier molecular flexibility index (Phi) is 4.01. The molecule has 0 atom stereocenters. The van der Waals surface area contributed by atoms with Crippen LogP contribution >= 0.6 is 11.3 Å². The van der Waals surface area contributed by atoms with Gasteiger partial charge in [-0.15, -0.1) is 11.3 Å². The van der Waals surface area contributed by atoms with Crippen molar-refractivity contribution in [2.45, 2.75) is 10.9 Å². The molecule has 1 aromatic heterocycles. The van der Waals surface area contributed by atoms with Gasteiger partial charge in [0.25, 0.3) is 0 Å². The second-order valence-electron chi connectivity index (χ2n) is 4.51. The van der Waals surface area contributed by atoms with Crippen LogP contribution in [0.25, 0.3) is 10.2 Å². The Morgan fingerprint density at radius 2 is 1.71 bits per heavy atom. The first-order valence-corrected chi connectivity index (χ1v) is 8.82. The first kappa shape index (κ1) is 14.2. The molecule has 0 N–H and O–H groups in total. The Balaban J connectivity index is 1.71. The van der Waals surface area contributed by atoms with Crippen molar-refractivity contribution in [2.24, 2.45) is 0 Å². The van der Waals surface area contributed by atoms with Crippen molar-refractivity contribution in [3.05, 3.63) is 60.2 Å². The summed E-state index contributed by atoms with van der Waals surface area (Å²) >= 11 is 1.17. The van der Waals surface area contributed by atoms with Crippen LogP contribution in [-0.2, 0) is 21.2 Å². The lowest BCUT2D eigenvalue weighted by Gasteiger charge is -2.03. The Morgan fingerprint density at radius 1 is 1.00 bits per heavy atom. The summed E-state index contributed by atoms with van der Waals surface area (Å²) in [5.41, 5.74) is 1.64. The molecule has 0 radical (unpaired) electrons. The van der Waals surface area contributed by atoms with Gasteiger partial charge in [0.1, 0.15) is 0 Å². The van der Waals surface area contributed by atoms with Crippen LogP contribution in [0.15, 0.2) is 58.9 Å². The topological polar surface area (TPSA) is 56.3 Å². The van der Waals surface area contributed by atoms with Crippen molar-refractivity contribution in [2.75, 3.05) is 5.94 Å². The molecule has 4 nitrogen and oxygen atoms in total. The molecular formula is C15H13NO3S2. The summed E-state index contributed by atoms with van der Waals surface area (Å²) in [7, 11) is -3.51. The first-order chi connectivity index (χ1) is 10.1. The van der Waals surface area contributed by atoms with Crippen LogP contribution in [0.2, 0.25) is 0 Å². The normalized spacial score (nSPS) is 11.8. The number of fused-ring (bicyclic) bond motifs is 1. The van der Waals surface area contributed by atoms with Crippen LogP contribution in [0.3, 0.4) is 0 Å². The summed E-state index contributed by atoms with van der Waals surface area (Å²) in [5.74, 6) is -0.359. The van der Waals surface area contributed by atoms with E-state index in [-0.39, 0.29) is 16.9 Å². The second kappa shape index (κ2) is 5.93. The maximum Gasteiger partial charge on any atom is 0.229 e. The fraction of sp³-hybridized carbons (Fsp3) is 0.133. The molecule has 2 aromatic carbocycles. The van der Waals surface area contributed by atoms with E-state index in [1.165, 1.54) is 11.3 Å². The third-order valence-corrected chi connectivity index (χ3v) is 5.83. The minimum Gasteiger partial charge on any atom is -0.360 e. The first-order valence-electron chi connectivity index (χ1n) is 6.35. The van der Waals surface area contributed by atoms with Gasteiger partial charge in [-0.25, -0.2) is 13.4 Å². The van der Waals surface area contributed by atoms with Crippen molar-refractivity contribution in [3.63, 3.8) is 0 Å². The van der Waals surface area contributed by atoms with E-state index in [0.717, 1.165) is 10.3 Å². The quantitative estimate of drug-likeness (QED) is 0.724. The van der Waals surface area contributed by atoms with Crippen molar-refractivity contribution >= 4 is 31.4 Å². The average molecular weight is 319 g/mol. The Labute approximate surface area is 126 Å². The van der Waals surface area contributed by atoms with Gasteiger partial charge in [-0.2, -0.15) is 0 Å². The SMILES string of the molecule is O=S(=O)(COCc1ccccc1)c1nc2ccccc2s1. The van der Waals surface area contributed by atoms with E-state index in [2.05, 4.69) is 4.98 Å². The van der Waals surface area contributed by atoms with Crippen LogP contribution in [0.1, 0.15) is 5.56 Å². The van der Waals surface area contributed by atoms with Gasteiger partial charge in [-0.1, -0.05) is 42.5 Å². The Morgan fingerprint density at radius 3 is 2.48 bits per heavy atom. The van der Waals surface area contributed by atoms with E-state index in [1.807, 2.05) is 48.5 Å². The molecule has 0 aliphatic carbocycles. The third kappa shape index (κ3) is 3.29. The molecule has 3 aromatic rings. The van der Waals surface area contributed by atoms with Gasteiger partial charge in [-0.3, -0.25) is 0 Å². The number of benzene rings is 2. The lowest BCUT2D eigenvalue weighted by Crippen LogP contribution is -2.09. The largest absolute Gasteiger partial charge is 0.360 e. The van der Waals surface area contributed by atoms with Gasteiger partial charge in [0.2, 0.25) is 14.2 Å². The zero-order valence-electron chi connectivity index (χ0n) is 11.1. The van der Waals surface area contributed by atoms with E-state index in [0.29, 0.717) is 5.52 Å². The van der Waals surface area contributed by atoms with Crippen LogP contribution in [0.4, 0.5) is 0 Å². The molecule has 21 heavy (non-hydrogen) atoms. The van der Waals surface area contributed by atoms with Crippen molar-refractivity contribution in [3.8, 4) is 0 Å². The zero-order valence-corrected chi connectivity index (χ0v) is 12.7. The van der Waals surface area contributed by atoms with Crippen molar-refractivity contribution < 1.29 is 13.2 Å². The number of sulfone groups is 1. The summed E-state index contributed by atoms with van der Waals surface area (Å²) in [6, 6.07) is 16.8. The minimum atomic E-state index is -3.51. The molecule has 0 fully saturated rings. The smallest absolute Gasteiger partial charge is 0.229 e. The van der Waals surface area contributed by atoms with E-state index in [1.54, 1.807) is 6.07 Å². The van der Waals surface area contributed by atoms with Crippen molar-refractivity contribution in [1.82, 2.24) is 4.98 Å². The summed E-state index contributed by atoms with van der Waals surface area (Å²) in [5, 5.41) is 0. The Bertz CT molecular complexity index is 808. The molecule has 0 saturated carbocycles. The van der Waals surface area contributed by atoms with E-state index < -0.39 is 9.84 Å². The lowest BCUT2D eigenvalue weighted by molar-refractivity contribution is 0.163. The number of para-hydroxylation sites is 1. The molecule has 1 heterocycles. The molecule has 0 saturated heterocycles. The summed E-state index contributed by atoms with van der Waals surface area (Å²) in [6.07, 6.45) is 0. The predicted molar refractivity (Wildman–Crippen MR) is 82.9 cm³/mol. The summed E-state index contributed by atoms with van der Waals surface area (Å²) in [4.78, 5) is 4.16. The number of ether oxygens (including phenoxy) is 1. The standard InChI is InChI=1S/C15H13NO3S2/c17-21(18,11-19-10-12-6-2-1-3-7-12)15-16-13-8-4-5-9-14(13)20-15/h1-9H,10-11H2. The minimum absolute atomic E-state index is 0.108. The number of nitrogens with zero attached hydrogens (tertiary/aromatic N) is 1. The van der Waals surface area contributed by atoms with Crippen LogP contribution in [-0.4, -0.2) is 19.3 Å². The monoisotopic (exact) mass is 319 g/mol. The summed E-state index contributed by atoms with van der Waals surface area (Å²) in [6.45, 7) is 0.269. The van der Waals surface area contributed by atoms with Crippen LogP contribution in [0, 0.1) is 0 Å². The maximum absolute atomic E-state index is 12.2. The number of thiazole rings is 1. The average Bonchev–Trinajstić information content (AvgIpc) is 2.93. The highest BCUT2D eigenvalue weighted by molar-refractivity contribution is 7.93. The zero-order chi connectivity index (χ0) is 14.7. The fourth-order valence-corrected chi connectivity index (χ4v) is 4.14. The highest BCUT2D eigenvalue weighted by Gasteiger charge is 2.19. The highest BCUT2D eigenvalue weighted by atomic mass is 32.2. The van der Waals surface area contributed by atoms with Gasteiger partial charge >= 0.3 is 0 Å². The van der Waals surface area contributed by atoms with Crippen LogP contribution in [0.5, 0.6) is 0 Å². The van der Waals surface area contributed by atoms with Gasteiger partial charge in [0.15, 0.2) is 5.94 Å². The number of rotatable bonds is 5. The number of aromatic nitrogens is 1. The molecule has 0 unspecified atom stereocenters. The Hall–Kier alpha value is -1.76. The molecule has 6 heteroatoms. The van der Waals surface area contributed by atoms with E-state index in [9.17, 15) is 8.42 Å². The van der Waals surface area contributed by atoms with E-state index in [4.69, 9.17) is 4.74 Å². The molecular weight excluding hydrogens is 306 g/mol. The molecule has 0 bridgehead atoms. The fourth-order valence-electron chi connectivity index (χ4n) is 1.88. The van der Waals surface area contributed by atoms with Gasteiger partial charge < -0.3 is 4.74 Å². The van der Waals surface area contributed by atoms with E-state index >= 15 is 0 Å². The molecule has 0 amide bonds. The molecule has 3 rings (SSSR count).